The van der Waals surface area contributed by atoms with Crippen molar-refractivity contribution in [2.45, 2.75) is 43.6 Å². The molecule has 1 aliphatic heterocycles. The Kier molecular flexibility index (Phi) is 4.09. The Balaban J connectivity index is 2.25. The van der Waals surface area contributed by atoms with Gasteiger partial charge in [-0.15, -0.1) is 0 Å². The summed E-state index contributed by atoms with van der Waals surface area (Å²) < 4.78 is 26.5. The second-order valence-electron chi connectivity index (χ2n) is 5.62. The molecule has 1 saturated heterocycles. The highest BCUT2D eigenvalue weighted by molar-refractivity contribution is 7.89. The van der Waals surface area contributed by atoms with E-state index < -0.39 is 15.6 Å². The molecule has 0 aliphatic carbocycles. The number of anilines is 1. The molecule has 0 aromatic heterocycles. The summed E-state index contributed by atoms with van der Waals surface area (Å²) in [6, 6.07) is 4.90. The zero-order valence-corrected chi connectivity index (χ0v) is 12.8. The van der Waals surface area contributed by atoms with Gasteiger partial charge in [-0.25, -0.2) is 8.42 Å². The van der Waals surface area contributed by atoms with E-state index in [1.54, 1.807) is 19.1 Å². The second-order valence-corrected chi connectivity index (χ2v) is 7.55. The molecule has 0 amide bonds. The fraction of sp³-hybridized carbons (Fsp3) is 0.571. The zero-order valence-electron chi connectivity index (χ0n) is 12.0. The van der Waals surface area contributed by atoms with E-state index in [2.05, 4.69) is 0 Å². The van der Waals surface area contributed by atoms with Gasteiger partial charge in [-0.05, 0) is 43.9 Å². The number of nitrogen functional groups attached to an aromatic ring is 1. The lowest BCUT2D eigenvalue weighted by Gasteiger charge is -2.35. The summed E-state index contributed by atoms with van der Waals surface area (Å²) >= 11 is 0. The molecular weight excluding hydrogens is 276 g/mol. The van der Waals surface area contributed by atoms with Gasteiger partial charge >= 0.3 is 0 Å². The third-order valence-electron chi connectivity index (χ3n) is 3.94. The molecule has 2 rings (SSSR count). The van der Waals surface area contributed by atoms with E-state index >= 15 is 0 Å². The van der Waals surface area contributed by atoms with Crippen molar-refractivity contribution in [2.75, 3.05) is 18.8 Å². The summed E-state index contributed by atoms with van der Waals surface area (Å²) in [5.41, 5.74) is 6.57. The van der Waals surface area contributed by atoms with Crippen LogP contribution >= 0.6 is 0 Å². The molecule has 0 atom stereocenters. The number of aryl methyl sites for hydroxylation is 1. The molecule has 1 aromatic carbocycles. The van der Waals surface area contributed by atoms with Gasteiger partial charge in [-0.3, -0.25) is 0 Å². The fourth-order valence-corrected chi connectivity index (χ4v) is 3.89. The molecule has 0 bridgehead atoms. The SMILES string of the molecule is CCc1ccc(S(=O)(=O)N2CCC(C)(O)CC2)cc1N. The Hall–Kier alpha value is -1.11. The number of aliphatic hydroxyl groups is 1. The first-order valence-corrected chi connectivity index (χ1v) is 8.31. The highest BCUT2D eigenvalue weighted by Crippen LogP contribution is 2.27. The first-order chi connectivity index (χ1) is 9.26. The van der Waals surface area contributed by atoms with Crippen molar-refractivity contribution in [3.63, 3.8) is 0 Å². The predicted octanol–water partition coefficient (Wildman–Crippen LogP) is 1.37. The maximum Gasteiger partial charge on any atom is 0.243 e. The molecule has 1 aromatic rings. The van der Waals surface area contributed by atoms with E-state index in [1.165, 1.54) is 10.4 Å². The van der Waals surface area contributed by atoms with E-state index in [9.17, 15) is 13.5 Å². The average Bonchev–Trinajstić information content (AvgIpc) is 2.38. The van der Waals surface area contributed by atoms with E-state index in [4.69, 9.17) is 5.73 Å². The zero-order chi connectivity index (χ0) is 15.0. The molecule has 0 saturated carbocycles. The third-order valence-corrected chi connectivity index (χ3v) is 5.83. The topological polar surface area (TPSA) is 83.6 Å². The normalized spacial score (nSPS) is 19.9. The molecule has 3 N–H and O–H groups in total. The maximum atomic E-state index is 12.5. The van der Waals surface area contributed by atoms with Gasteiger partial charge in [0, 0.05) is 18.8 Å². The number of benzene rings is 1. The van der Waals surface area contributed by atoms with Crippen LogP contribution in [0, 0.1) is 0 Å². The minimum Gasteiger partial charge on any atom is -0.398 e. The quantitative estimate of drug-likeness (QED) is 0.826. The van der Waals surface area contributed by atoms with Crippen LogP contribution in [0.15, 0.2) is 23.1 Å². The van der Waals surface area contributed by atoms with Crippen molar-refractivity contribution in [1.82, 2.24) is 4.31 Å². The smallest absolute Gasteiger partial charge is 0.243 e. The van der Waals surface area contributed by atoms with Gasteiger partial charge in [0.1, 0.15) is 0 Å². The lowest BCUT2D eigenvalue weighted by atomic mass is 9.95. The molecule has 5 nitrogen and oxygen atoms in total. The summed E-state index contributed by atoms with van der Waals surface area (Å²) in [5, 5.41) is 9.90. The fourth-order valence-electron chi connectivity index (χ4n) is 2.41. The first-order valence-electron chi connectivity index (χ1n) is 6.87. The van der Waals surface area contributed by atoms with Crippen LogP contribution in [-0.2, 0) is 16.4 Å². The number of nitrogens with two attached hydrogens (primary N) is 1. The van der Waals surface area contributed by atoms with Gasteiger partial charge in [-0.1, -0.05) is 13.0 Å². The minimum atomic E-state index is -3.52. The molecule has 20 heavy (non-hydrogen) atoms. The minimum absolute atomic E-state index is 0.230. The summed E-state index contributed by atoms with van der Waals surface area (Å²) in [5.74, 6) is 0. The van der Waals surface area contributed by atoms with Crippen molar-refractivity contribution < 1.29 is 13.5 Å². The monoisotopic (exact) mass is 298 g/mol. The van der Waals surface area contributed by atoms with Crippen LogP contribution in [-0.4, -0.2) is 36.5 Å². The number of hydrogen-bond acceptors (Lipinski definition) is 4. The molecule has 0 unspecified atom stereocenters. The molecule has 6 heteroatoms. The first kappa shape index (κ1) is 15.3. The summed E-state index contributed by atoms with van der Waals surface area (Å²) in [4.78, 5) is 0.230. The molecule has 112 valence electrons. The number of piperidine rings is 1. The van der Waals surface area contributed by atoms with Gasteiger partial charge in [-0.2, -0.15) is 4.31 Å². The van der Waals surface area contributed by atoms with Crippen LogP contribution in [0.4, 0.5) is 5.69 Å². The van der Waals surface area contributed by atoms with E-state index in [0.717, 1.165) is 12.0 Å². The number of nitrogens with zero attached hydrogens (tertiary/aromatic N) is 1. The lowest BCUT2D eigenvalue weighted by molar-refractivity contribution is 0.0126. The number of rotatable bonds is 3. The predicted molar refractivity (Wildman–Crippen MR) is 78.8 cm³/mol. The van der Waals surface area contributed by atoms with E-state index in [1.807, 2.05) is 6.92 Å². The van der Waals surface area contributed by atoms with Crippen LogP contribution in [0.2, 0.25) is 0 Å². The standard InChI is InChI=1S/C14H22N2O3S/c1-3-11-4-5-12(10-13(11)15)20(18,19)16-8-6-14(2,17)7-9-16/h4-5,10,17H,3,6-9,15H2,1-2H3. The third kappa shape index (κ3) is 2.97. The van der Waals surface area contributed by atoms with Crippen molar-refractivity contribution in [3.8, 4) is 0 Å². The van der Waals surface area contributed by atoms with Crippen LogP contribution in [0.3, 0.4) is 0 Å². The Bertz CT molecular complexity index is 586. The highest BCUT2D eigenvalue weighted by Gasteiger charge is 2.34. The molecular formula is C14H22N2O3S. The molecule has 0 radical (unpaired) electrons. The van der Waals surface area contributed by atoms with Gasteiger partial charge in [0.15, 0.2) is 0 Å². The molecule has 1 aliphatic rings. The Morgan fingerprint density at radius 2 is 1.95 bits per heavy atom. The summed E-state index contributed by atoms with van der Waals surface area (Å²) in [6.45, 7) is 4.40. The summed E-state index contributed by atoms with van der Waals surface area (Å²) in [7, 11) is -3.52. The summed E-state index contributed by atoms with van der Waals surface area (Å²) in [6.07, 6.45) is 1.68. The van der Waals surface area contributed by atoms with Gasteiger partial charge in [0.2, 0.25) is 10.0 Å². The van der Waals surface area contributed by atoms with Crippen molar-refractivity contribution in [1.29, 1.82) is 0 Å². The molecule has 1 fully saturated rings. The van der Waals surface area contributed by atoms with Crippen LogP contribution in [0.5, 0.6) is 0 Å². The lowest BCUT2D eigenvalue weighted by Crippen LogP contribution is -2.45. The van der Waals surface area contributed by atoms with Crippen LogP contribution in [0.1, 0.15) is 32.3 Å². The molecule has 0 spiro atoms. The largest absolute Gasteiger partial charge is 0.398 e. The number of sulfonamides is 1. The number of hydrogen-bond donors (Lipinski definition) is 2. The maximum absolute atomic E-state index is 12.5. The van der Waals surface area contributed by atoms with Crippen molar-refractivity contribution >= 4 is 15.7 Å². The van der Waals surface area contributed by atoms with Crippen LogP contribution in [0.25, 0.3) is 0 Å². The Morgan fingerprint density at radius 3 is 2.45 bits per heavy atom. The van der Waals surface area contributed by atoms with Gasteiger partial charge in [0.25, 0.3) is 0 Å². The Labute approximate surface area is 120 Å². The van der Waals surface area contributed by atoms with E-state index in [-0.39, 0.29) is 4.90 Å². The van der Waals surface area contributed by atoms with Crippen molar-refractivity contribution in [3.05, 3.63) is 23.8 Å². The van der Waals surface area contributed by atoms with E-state index in [0.29, 0.717) is 31.6 Å². The molecule has 1 heterocycles. The van der Waals surface area contributed by atoms with Gasteiger partial charge < -0.3 is 10.8 Å². The van der Waals surface area contributed by atoms with Crippen LogP contribution < -0.4 is 5.73 Å². The highest BCUT2D eigenvalue weighted by atomic mass is 32.2. The van der Waals surface area contributed by atoms with Crippen molar-refractivity contribution in [2.24, 2.45) is 0 Å². The second kappa shape index (κ2) is 5.35. The Morgan fingerprint density at radius 1 is 1.35 bits per heavy atom. The average molecular weight is 298 g/mol. The van der Waals surface area contributed by atoms with Gasteiger partial charge in [0.05, 0.1) is 10.5 Å².